The van der Waals surface area contributed by atoms with Crippen LogP contribution in [0.2, 0.25) is 0 Å². The van der Waals surface area contributed by atoms with Crippen LogP contribution in [0.5, 0.6) is 11.5 Å². The molecule has 1 saturated carbocycles. The van der Waals surface area contributed by atoms with Gasteiger partial charge in [0.1, 0.15) is 17.6 Å². The molecule has 5 rings (SSSR count). The standard InChI is InChI=1S/C26H27NO5/c1-15-3-12-21-20(13-15)24(29)22-23(17-6-8-18(28)9-7-17)27(26(30)25(22)32-21)14-16-4-10-19(31-2)11-5-16/h4-11,15,20-21,23,28H,3,12-14H2,1-2H3. The number of benzene rings is 2. The highest BCUT2D eigenvalue weighted by Crippen LogP contribution is 2.48. The number of ether oxygens (including phenoxy) is 2. The molecule has 1 fully saturated rings. The largest absolute Gasteiger partial charge is 0.508 e. The zero-order valence-electron chi connectivity index (χ0n) is 18.3. The summed E-state index contributed by atoms with van der Waals surface area (Å²) in [5, 5.41) is 9.77. The Hall–Kier alpha value is -3.28. The number of carbonyl (C=O) groups excluding carboxylic acids is 2. The average molecular weight is 434 g/mol. The lowest BCUT2D eigenvalue weighted by Crippen LogP contribution is -2.41. The maximum absolute atomic E-state index is 13.7. The quantitative estimate of drug-likeness (QED) is 0.784. The summed E-state index contributed by atoms with van der Waals surface area (Å²) in [5.74, 6) is 1.13. The minimum absolute atomic E-state index is 0.0338. The molecule has 166 valence electrons. The van der Waals surface area contributed by atoms with E-state index in [-0.39, 0.29) is 35.2 Å². The molecule has 1 amide bonds. The number of ketones is 1. The Morgan fingerprint density at radius 1 is 1.06 bits per heavy atom. The van der Waals surface area contributed by atoms with Crippen molar-refractivity contribution in [2.75, 3.05) is 7.11 Å². The number of Topliss-reactive ketones (excluding diaryl/α,β-unsaturated/α-hetero) is 1. The van der Waals surface area contributed by atoms with Gasteiger partial charge in [-0.25, -0.2) is 0 Å². The predicted molar refractivity (Wildman–Crippen MR) is 118 cm³/mol. The van der Waals surface area contributed by atoms with Gasteiger partial charge in [-0.05, 0) is 60.6 Å². The van der Waals surface area contributed by atoms with E-state index >= 15 is 0 Å². The Kier molecular flexibility index (Phi) is 5.16. The van der Waals surface area contributed by atoms with Crippen molar-refractivity contribution >= 4 is 11.7 Å². The first-order chi connectivity index (χ1) is 15.5. The first-order valence-electron chi connectivity index (χ1n) is 11.1. The Labute approximate surface area is 187 Å². The number of nitrogens with zero attached hydrogens (tertiary/aromatic N) is 1. The Balaban J connectivity index is 1.54. The summed E-state index contributed by atoms with van der Waals surface area (Å²) in [6, 6.07) is 13.7. The van der Waals surface area contributed by atoms with E-state index in [4.69, 9.17) is 9.47 Å². The highest BCUT2D eigenvalue weighted by Gasteiger charge is 2.52. The summed E-state index contributed by atoms with van der Waals surface area (Å²) in [6.07, 6.45) is 2.37. The van der Waals surface area contributed by atoms with Crippen LogP contribution in [0.25, 0.3) is 0 Å². The number of carbonyl (C=O) groups is 2. The van der Waals surface area contributed by atoms with E-state index in [1.54, 1.807) is 36.3 Å². The molecule has 2 aromatic rings. The van der Waals surface area contributed by atoms with Crippen LogP contribution >= 0.6 is 0 Å². The second kappa shape index (κ2) is 8.01. The average Bonchev–Trinajstić information content (AvgIpc) is 3.07. The van der Waals surface area contributed by atoms with Crippen LogP contribution in [0.3, 0.4) is 0 Å². The molecular weight excluding hydrogens is 406 g/mol. The zero-order chi connectivity index (χ0) is 22.4. The second-order valence-corrected chi connectivity index (χ2v) is 9.06. The lowest BCUT2D eigenvalue weighted by molar-refractivity contribution is -0.136. The topological polar surface area (TPSA) is 76.1 Å². The lowest BCUT2D eigenvalue weighted by atomic mass is 9.74. The number of rotatable bonds is 4. The maximum atomic E-state index is 13.7. The summed E-state index contributed by atoms with van der Waals surface area (Å²) in [5.41, 5.74) is 2.18. The molecule has 0 spiro atoms. The van der Waals surface area contributed by atoms with Gasteiger partial charge in [0.15, 0.2) is 11.5 Å². The fraction of sp³-hybridized carbons (Fsp3) is 0.385. The highest BCUT2D eigenvalue weighted by molar-refractivity contribution is 6.11. The molecule has 0 bridgehead atoms. The van der Waals surface area contributed by atoms with Gasteiger partial charge < -0.3 is 19.5 Å². The van der Waals surface area contributed by atoms with Gasteiger partial charge >= 0.3 is 0 Å². The molecule has 2 aliphatic heterocycles. The van der Waals surface area contributed by atoms with Crippen molar-refractivity contribution in [3.63, 3.8) is 0 Å². The van der Waals surface area contributed by atoms with E-state index in [1.807, 2.05) is 24.3 Å². The molecule has 2 heterocycles. The number of amides is 1. The third-order valence-electron chi connectivity index (χ3n) is 6.93. The van der Waals surface area contributed by atoms with E-state index in [2.05, 4.69) is 6.92 Å². The molecular formula is C26H27NO5. The van der Waals surface area contributed by atoms with Crippen molar-refractivity contribution in [3.05, 3.63) is 71.0 Å². The van der Waals surface area contributed by atoms with Crippen molar-refractivity contribution in [1.29, 1.82) is 0 Å². The van der Waals surface area contributed by atoms with Crippen LogP contribution < -0.4 is 4.74 Å². The third-order valence-corrected chi connectivity index (χ3v) is 6.93. The molecule has 0 saturated heterocycles. The molecule has 32 heavy (non-hydrogen) atoms. The smallest absolute Gasteiger partial charge is 0.290 e. The van der Waals surface area contributed by atoms with Gasteiger partial charge in [0, 0.05) is 6.54 Å². The first-order valence-corrected chi connectivity index (χ1v) is 11.1. The molecule has 6 nitrogen and oxygen atoms in total. The fourth-order valence-electron chi connectivity index (χ4n) is 5.22. The van der Waals surface area contributed by atoms with Crippen molar-refractivity contribution in [2.45, 2.75) is 44.9 Å². The summed E-state index contributed by atoms with van der Waals surface area (Å²) < 4.78 is 11.5. The highest BCUT2D eigenvalue weighted by atomic mass is 16.5. The van der Waals surface area contributed by atoms with E-state index in [0.717, 1.165) is 36.1 Å². The summed E-state index contributed by atoms with van der Waals surface area (Å²) >= 11 is 0. The number of fused-ring (bicyclic) bond motifs is 1. The molecule has 1 N–H and O–H groups in total. The van der Waals surface area contributed by atoms with Gasteiger partial charge in [-0.1, -0.05) is 31.2 Å². The second-order valence-electron chi connectivity index (χ2n) is 9.06. The van der Waals surface area contributed by atoms with E-state index in [1.165, 1.54) is 0 Å². The SMILES string of the molecule is COc1ccc(CN2C(=O)C3=C(C(=O)C4CC(C)CCC4O3)C2c2ccc(O)cc2)cc1. The van der Waals surface area contributed by atoms with Crippen molar-refractivity contribution in [3.8, 4) is 11.5 Å². The number of phenols is 1. The molecule has 4 atom stereocenters. The van der Waals surface area contributed by atoms with Crippen LogP contribution in [-0.4, -0.2) is 34.9 Å². The van der Waals surface area contributed by atoms with E-state index in [9.17, 15) is 14.7 Å². The third kappa shape index (κ3) is 3.44. The fourth-order valence-corrected chi connectivity index (χ4v) is 5.22. The maximum Gasteiger partial charge on any atom is 0.290 e. The van der Waals surface area contributed by atoms with Gasteiger partial charge in [-0.15, -0.1) is 0 Å². The Morgan fingerprint density at radius 3 is 2.47 bits per heavy atom. The van der Waals surface area contributed by atoms with E-state index < -0.39 is 6.04 Å². The predicted octanol–water partition coefficient (Wildman–Crippen LogP) is 4.14. The van der Waals surface area contributed by atoms with Gasteiger partial charge in [0.2, 0.25) is 0 Å². The van der Waals surface area contributed by atoms with Crippen LogP contribution in [0, 0.1) is 11.8 Å². The molecule has 6 heteroatoms. The molecule has 4 unspecified atom stereocenters. The van der Waals surface area contributed by atoms with Gasteiger partial charge in [0.25, 0.3) is 5.91 Å². The normalized spacial score (nSPS) is 27.1. The number of hydrogen-bond acceptors (Lipinski definition) is 5. The number of aromatic hydroxyl groups is 1. The number of phenolic OH excluding ortho intramolecular Hbond substituents is 1. The molecule has 1 aliphatic carbocycles. The lowest BCUT2D eigenvalue weighted by Gasteiger charge is -2.37. The van der Waals surface area contributed by atoms with Crippen LogP contribution in [0.15, 0.2) is 59.9 Å². The monoisotopic (exact) mass is 433 g/mol. The summed E-state index contributed by atoms with van der Waals surface area (Å²) in [6.45, 7) is 2.50. The van der Waals surface area contributed by atoms with Crippen LogP contribution in [-0.2, 0) is 20.9 Å². The van der Waals surface area contributed by atoms with Gasteiger partial charge in [-0.3, -0.25) is 9.59 Å². The van der Waals surface area contributed by atoms with Crippen LogP contribution in [0.1, 0.15) is 43.4 Å². The Bertz CT molecular complexity index is 1070. The van der Waals surface area contributed by atoms with Crippen molar-refractivity contribution < 1.29 is 24.2 Å². The van der Waals surface area contributed by atoms with Crippen molar-refractivity contribution in [1.82, 2.24) is 4.90 Å². The zero-order valence-corrected chi connectivity index (χ0v) is 18.3. The molecule has 0 aromatic heterocycles. The van der Waals surface area contributed by atoms with E-state index in [0.29, 0.717) is 18.0 Å². The summed E-state index contributed by atoms with van der Waals surface area (Å²) in [7, 11) is 1.61. The first kappa shape index (κ1) is 20.6. The minimum Gasteiger partial charge on any atom is -0.508 e. The van der Waals surface area contributed by atoms with Gasteiger partial charge in [-0.2, -0.15) is 0 Å². The number of hydrogen-bond donors (Lipinski definition) is 1. The summed E-state index contributed by atoms with van der Waals surface area (Å²) in [4.78, 5) is 28.9. The van der Waals surface area contributed by atoms with Crippen molar-refractivity contribution in [2.24, 2.45) is 11.8 Å². The molecule has 3 aliphatic rings. The minimum atomic E-state index is -0.536. The van der Waals surface area contributed by atoms with Gasteiger partial charge in [0.05, 0.1) is 24.6 Å². The number of methoxy groups -OCH3 is 1. The molecule has 2 aromatic carbocycles. The Morgan fingerprint density at radius 2 is 1.78 bits per heavy atom. The molecule has 0 radical (unpaired) electrons. The van der Waals surface area contributed by atoms with Crippen LogP contribution in [0.4, 0.5) is 0 Å².